The molecule has 0 atom stereocenters. The van der Waals surface area contributed by atoms with Crippen molar-refractivity contribution in [2.75, 3.05) is 20.1 Å². The van der Waals surface area contributed by atoms with E-state index < -0.39 is 10.0 Å². The van der Waals surface area contributed by atoms with Crippen LogP contribution < -0.4 is 5.32 Å². The van der Waals surface area contributed by atoms with Gasteiger partial charge in [0.25, 0.3) is 0 Å². The van der Waals surface area contributed by atoms with E-state index in [0.717, 1.165) is 12.8 Å². The molecule has 0 aliphatic carbocycles. The van der Waals surface area contributed by atoms with Crippen LogP contribution in [0, 0.1) is 0 Å². The number of nitrogens with zero attached hydrogens (tertiary/aromatic N) is 1. The second-order valence-corrected chi connectivity index (χ2v) is 6.97. The molecule has 1 heterocycles. The molecule has 0 aromatic heterocycles. The van der Waals surface area contributed by atoms with Crippen molar-refractivity contribution in [1.29, 1.82) is 0 Å². The van der Waals surface area contributed by atoms with Gasteiger partial charge in [-0.2, -0.15) is 4.31 Å². The third-order valence-electron chi connectivity index (χ3n) is 3.81. The fraction of sp³-hybridized carbons (Fsp3) is 0.538. The van der Waals surface area contributed by atoms with Crippen molar-refractivity contribution in [2.45, 2.75) is 30.2 Å². The summed E-state index contributed by atoms with van der Waals surface area (Å²) in [4.78, 5) is 0.387. The van der Waals surface area contributed by atoms with E-state index in [9.17, 15) is 8.42 Å². The van der Waals surface area contributed by atoms with Crippen molar-refractivity contribution in [3.63, 3.8) is 0 Å². The van der Waals surface area contributed by atoms with Crippen LogP contribution in [-0.4, -0.2) is 38.4 Å². The van der Waals surface area contributed by atoms with Gasteiger partial charge in [-0.15, -0.1) is 0 Å². The predicted molar refractivity (Wildman–Crippen MR) is 71.9 cm³/mol. The lowest BCUT2D eigenvalue weighted by atomic mass is 9.91. The molecular weight excluding hydrogens is 248 g/mol. The SMILES string of the molecule is CNC1(C)CCN(S(=O)(=O)c2ccccc2)CC1. The predicted octanol–water partition coefficient (Wildman–Crippen LogP) is 1.45. The fourth-order valence-electron chi connectivity index (χ4n) is 2.21. The number of hydrogen-bond donors (Lipinski definition) is 1. The van der Waals surface area contributed by atoms with Crippen LogP contribution >= 0.6 is 0 Å². The van der Waals surface area contributed by atoms with E-state index in [2.05, 4.69) is 12.2 Å². The van der Waals surface area contributed by atoms with Crippen LogP contribution in [0.2, 0.25) is 0 Å². The largest absolute Gasteiger partial charge is 0.314 e. The van der Waals surface area contributed by atoms with Crippen molar-refractivity contribution in [2.24, 2.45) is 0 Å². The molecule has 0 unspecified atom stereocenters. The maximum atomic E-state index is 12.4. The van der Waals surface area contributed by atoms with Gasteiger partial charge in [-0.3, -0.25) is 0 Å². The molecule has 0 saturated carbocycles. The first-order chi connectivity index (χ1) is 8.48. The molecule has 2 rings (SSSR count). The smallest absolute Gasteiger partial charge is 0.243 e. The Kier molecular flexibility index (Phi) is 3.75. The van der Waals surface area contributed by atoms with Gasteiger partial charge in [0.1, 0.15) is 0 Å². The van der Waals surface area contributed by atoms with Gasteiger partial charge in [0, 0.05) is 18.6 Å². The van der Waals surface area contributed by atoms with Crippen molar-refractivity contribution >= 4 is 10.0 Å². The number of rotatable bonds is 3. The van der Waals surface area contributed by atoms with E-state index >= 15 is 0 Å². The lowest BCUT2D eigenvalue weighted by molar-refractivity contribution is 0.219. The molecule has 4 nitrogen and oxygen atoms in total. The zero-order valence-corrected chi connectivity index (χ0v) is 11.7. The van der Waals surface area contributed by atoms with Crippen LogP contribution in [0.15, 0.2) is 35.2 Å². The zero-order chi connectivity index (χ0) is 13.2. The van der Waals surface area contributed by atoms with Gasteiger partial charge in [-0.25, -0.2) is 8.42 Å². The number of piperidine rings is 1. The molecule has 1 aliphatic heterocycles. The lowest BCUT2D eigenvalue weighted by Gasteiger charge is -2.38. The Balaban J connectivity index is 2.15. The summed E-state index contributed by atoms with van der Waals surface area (Å²) in [6.45, 7) is 3.29. The minimum atomic E-state index is -3.31. The van der Waals surface area contributed by atoms with Gasteiger partial charge in [0.05, 0.1) is 4.90 Å². The molecule has 1 aromatic rings. The third kappa shape index (κ3) is 2.58. The number of sulfonamides is 1. The summed E-state index contributed by atoms with van der Waals surface area (Å²) in [5.74, 6) is 0. The molecule has 1 saturated heterocycles. The van der Waals surface area contributed by atoms with E-state index in [0.29, 0.717) is 18.0 Å². The van der Waals surface area contributed by atoms with Gasteiger partial charge < -0.3 is 5.32 Å². The molecular formula is C13H20N2O2S. The molecule has 5 heteroatoms. The fourth-order valence-corrected chi connectivity index (χ4v) is 3.67. The van der Waals surface area contributed by atoms with Gasteiger partial charge in [0.2, 0.25) is 10.0 Å². The van der Waals surface area contributed by atoms with E-state index in [1.807, 2.05) is 13.1 Å². The highest BCUT2D eigenvalue weighted by molar-refractivity contribution is 7.89. The minimum absolute atomic E-state index is 0.0582. The first-order valence-corrected chi connectivity index (χ1v) is 7.66. The van der Waals surface area contributed by atoms with E-state index in [-0.39, 0.29) is 5.54 Å². The average molecular weight is 268 g/mol. The minimum Gasteiger partial charge on any atom is -0.314 e. The van der Waals surface area contributed by atoms with Crippen molar-refractivity contribution in [1.82, 2.24) is 9.62 Å². The van der Waals surface area contributed by atoms with Crippen molar-refractivity contribution < 1.29 is 8.42 Å². The molecule has 18 heavy (non-hydrogen) atoms. The van der Waals surface area contributed by atoms with Crippen LogP contribution in [0.1, 0.15) is 19.8 Å². The Morgan fingerprint density at radius 1 is 1.17 bits per heavy atom. The third-order valence-corrected chi connectivity index (χ3v) is 5.72. The highest BCUT2D eigenvalue weighted by Crippen LogP contribution is 2.25. The molecule has 100 valence electrons. The van der Waals surface area contributed by atoms with Gasteiger partial charge >= 0.3 is 0 Å². The molecule has 0 spiro atoms. The van der Waals surface area contributed by atoms with E-state index in [4.69, 9.17) is 0 Å². The Morgan fingerprint density at radius 2 is 1.72 bits per heavy atom. The first-order valence-electron chi connectivity index (χ1n) is 6.22. The van der Waals surface area contributed by atoms with E-state index in [1.165, 1.54) is 0 Å². The standard InChI is InChI=1S/C13H20N2O2S/c1-13(14-2)8-10-15(11-9-13)18(16,17)12-6-4-3-5-7-12/h3-7,14H,8-11H2,1-2H3. The van der Waals surface area contributed by atoms with E-state index in [1.54, 1.807) is 28.6 Å². The molecule has 1 aliphatic rings. The van der Waals surface area contributed by atoms with Crippen LogP contribution in [0.25, 0.3) is 0 Å². The van der Waals surface area contributed by atoms with Crippen LogP contribution in [0.5, 0.6) is 0 Å². The molecule has 0 radical (unpaired) electrons. The second kappa shape index (κ2) is 4.99. The Bertz CT molecular complexity index is 491. The summed E-state index contributed by atoms with van der Waals surface area (Å²) in [5.41, 5.74) is 0.0582. The summed E-state index contributed by atoms with van der Waals surface area (Å²) < 4.78 is 26.4. The summed E-state index contributed by atoms with van der Waals surface area (Å²) in [5, 5.41) is 3.27. The number of hydrogen-bond acceptors (Lipinski definition) is 3. The summed E-state index contributed by atoms with van der Waals surface area (Å²) in [6.07, 6.45) is 1.69. The summed E-state index contributed by atoms with van der Waals surface area (Å²) in [7, 11) is -1.38. The first kappa shape index (κ1) is 13.5. The second-order valence-electron chi connectivity index (χ2n) is 5.03. The van der Waals surface area contributed by atoms with Crippen molar-refractivity contribution in [3.05, 3.63) is 30.3 Å². The molecule has 1 N–H and O–H groups in total. The summed E-state index contributed by atoms with van der Waals surface area (Å²) in [6, 6.07) is 8.65. The Hall–Kier alpha value is -0.910. The summed E-state index contributed by atoms with van der Waals surface area (Å²) >= 11 is 0. The number of nitrogens with one attached hydrogen (secondary N) is 1. The van der Waals surface area contributed by atoms with Gasteiger partial charge in [0.15, 0.2) is 0 Å². The Morgan fingerprint density at radius 3 is 2.22 bits per heavy atom. The van der Waals surface area contributed by atoms with Crippen LogP contribution in [0.4, 0.5) is 0 Å². The number of benzene rings is 1. The highest BCUT2D eigenvalue weighted by atomic mass is 32.2. The zero-order valence-electron chi connectivity index (χ0n) is 10.9. The van der Waals surface area contributed by atoms with Crippen molar-refractivity contribution in [3.8, 4) is 0 Å². The molecule has 1 aromatic carbocycles. The molecule has 0 amide bonds. The lowest BCUT2D eigenvalue weighted by Crippen LogP contribution is -2.51. The van der Waals surface area contributed by atoms with Gasteiger partial charge in [-0.1, -0.05) is 18.2 Å². The highest BCUT2D eigenvalue weighted by Gasteiger charge is 2.34. The normalized spacial score (nSPS) is 20.8. The topological polar surface area (TPSA) is 49.4 Å². The Labute approximate surface area is 109 Å². The average Bonchev–Trinajstić information content (AvgIpc) is 2.40. The van der Waals surface area contributed by atoms with Crippen LogP contribution in [-0.2, 0) is 10.0 Å². The maximum absolute atomic E-state index is 12.4. The van der Waals surface area contributed by atoms with Crippen LogP contribution in [0.3, 0.4) is 0 Å². The monoisotopic (exact) mass is 268 g/mol. The molecule has 1 fully saturated rings. The molecule has 0 bridgehead atoms. The van der Waals surface area contributed by atoms with Gasteiger partial charge in [-0.05, 0) is 38.9 Å². The quantitative estimate of drug-likeness (QED) is 0.902. The maximum Gasteiger partial charge on any atom is 0.243 e.